The lowest BCUT2D eigenvalue weighted by Crippen LogP contribution is -2.51. The van der Waals surface area contributed by atoms with Crippen LogP contribution in [-0.2, 0) is 30.4 Å². The molecule has 0 fully saturated rings. The van der Waals surface area contributed by atoms with Crippen molar-refractivity contribution in [2.75, 3.05) is 19.6 Å². The lowest BCUT2D eigenvalue weighted by molar-refractivity contribution is -0.130. The zero-order valence-electron chi connectivity index (χ0n) is 20.3. The van der Waals surface area contributed by atoms with Gasteiger partial charge in [0.25, 0.3) is 0 Å². The smallest absolute Gasteiger partial charge is 0.243 e. The molecule has 0 bridgehead atoms. The average molecular weight is 475 g/mol. The normalized spacial score (nSPS) is 11.2. The van der Waals surface area contributed by atoms with Gasteiger partial charge in [-0.3, -0.25) is 24.0 Å². The summed E-state index contributed by atoms with van der Waals surface area (Å²) in [5.74, 6) is -1.83. The Morgan fingerprint density at radius 2 is 1.38 bits per heavy atom. The van der Waals surface area contributed by atoms with Crippen molar-refractivity contribution >= 4 is 29.4 Å². The van der Waals surface area contributed by atoms with E-state index in [0.29, 0.717) is 12.8 Å². The highest BCUT2D eigenvalue weighted by Gasteiger charge is 2.22. The van der Waals surface area contributed by atoms with Crippen LogP contribution < -0.4 is 21.3 Å². The number of amides is 4. The molecule has 1 aromatic rings. The molecule has 1 unspecified atom stereocenters. The Kier molecular flexibility index (Phi) is 14.6. The third-order valence-corrected chi connectivity index (χ3v) is 5.19. The maximum atomic E-state index is 12.6. The maximum absolute atomic E-state index is 12.6. The summed E-state index contributed by atoms with van der Waals surface area (Å²) >= 11 is 0. The topological polar surface area (TPSA) is 133 Å². The zero-order valence-corrected chi connectivity index (χ0v) is 20.3. The molecule has 0 aliphatic rings. The summed E-state index contributed by atoms with van der Waals surface area (Å²) in [7, 11) is 0. The summed E-state index contributed by atoms with van der Waals surface area (Å²) in [5, 5.41) is 10.1. The number of hydrogen-bond donors (Lipinski definition) is 4. The van der Waals surface area contributed by atoms with Gasteiger partial charge in [0.2, 0.25) is 23.6 Å². The van der Waals surface area contributed by atoms with Crippen LogP contribution in [0.25, 0.3) is 0 Å². The van der Waals surface area contributed by atoms with Crippen molar-refractivity contribution in [3.05, 3.63) is 35.9 Å². The van der Waals surface area contributed by atoms with Gasteiger partial charge in [-0.2, -0.15) is 0 Å². The van der Waals surface area contributed by atoms with E-state index < -0.39 is 23.8 Å². The summed E-state index contributed by atoms with van der Waals surface area (Å²) in [4.78, 5) is 60.2. The van der Waals surface area contributed by atoms with E-state index in [9.17, 15) is 24.0 Å². The van der Waals surface area contributed by atoms with Gasteiger partial charge in [0.05, 0.1) is 19.6 Å². The Morgan fingerprint density at radius 1 is 0.735 bits per heavy atom. The van der Waals surface area contributed by atoms with Crippen molar-refractivity contribution < 1.29 is 24.0 Å². The predicted molar refractivity (Wildman–Crippen MR) is 130 cm³/mol. The van der Waals surface area contributed by atoms with Crippen molar-refractivity contribution in [3.63, 3.8) is 0 Å². The lowest BCUT2D eigenvalue weighted by atomic mass is 10.1. The fourth-order valence-corrected chi connectivity index (χ4v) is 3.14. The van der Waals surface area contributed by atoms with Gasteiger partial charge in [-0.25, -0.2) is 0 Å². The number of carbonyl (C=O) groups excluding carboxylic acids is 5. The summed E-state index contributed by atoms with van der Waals surface area (Å²) < 4.78 is 0. The van der Waals surface area contributed by atoms with Crippen LogP contribution in [0.5, 0.6) is 0 Å². The average Bonchev–Trinajstić information content (AvgIpc) is 2.84. The molecule has 0 aromatic heterocycles. The molecule has 1 aromatic carbocycles. The van der Waals surface area contributed by atoms with E-state index in [-0.39, 0.29) is 37.7 Å². The van der Waals surface area contributed by atoms with Gasteiger partial charge in [-0.05, 0) is 12.0 Å². The van der Waals surface area contributed by atoms with Crippen LogP contribution in [0.2, 0.25) is 0 Å². The van der Waals surface area contributed by atoms with Crippen LogP contribution >= 0.6 is 0 Å². The van der Waals surface area contributed by atoms with Crippen LogP contribution in [0.4, 0.5) is 0 Å². The highest BCUT2D eigenvalue weighted by Crippen LogP contribution is 2.05. The number of hydrogen-bond acceptors (Lipinski definition) is 5. The van der Waals surface area contributed by atoms with Crippen LogP contribution in [0.3, 0.4) is 0 Å². The zero-order chi connectivity index (χ0) is 25.2. The van der Waals surface area contributed by atoms with E-state index in [1.54, 1.807) is 6.92 Å². The number of unbranched alkanes of at least 4 members (excludes halogenated alkanes) is 4. The third-order valence-electron chi connectivity index (χ3n) is 5.19. The molecule has 0 aliphatic heterocycles. The summed E-state index contributed by atoms with van der Waals surface area (Å²) in [6.45, 7) is 3.17. The van der Waals surface area contributed by atoms with Crippen LogP contribution in [0, 0.1) is 0 Å². The summed E-state index contributed by atoms with van der Waals surface area (Å²) in [6, 6.07) is 8.26. The molecule has 9 heteroatoms. The second kappa shape index (κ2) is 17.3. The molecule has 0 spiro atoms. The highest BCUT2D eigenvalue weighted by molar-refractivity contribution is 5.93. The first-order valence-corrected chi connectivity index (χ1v) is 12.0. The van der Waals surface area contributed by atoms with E-state index in [1.165, 1.54) is 0 Å². The molecule has 0 saturated heterocycles. The Balaban J connectivity index is 2.45. The molecule has 9 nitrogen and oxygen atoms in total. The number of benzene rings is 1. The molecule has 0 saturated carbocycles. The minimum absolute atomic E-state index is 0.106. The van der Waals surface area contributed by atoms with E-state index in [4.69, 9.17) is 0 Å². The van der Waals surface area contributed by atoms with Crippen LogP contribution in [0.15, 0.2) is 30.3 Å². The molecular weight excluding hydrogens is 436 g/mol. The highest BCUT2D eigenvalue weighted by atomic mass is 16.2. The largest absolute Gasteiger partial charge is 0.347 e. The van der Waals surface area contributed by atoms with E-state index in [0.717, 1.165) is 37.7 Å². The van der Waals surface area contributed by atoms with Crippen molar-refractivity contribution in [2.45, 2.75) is 71.3 Å². The van der Waals surface area contributed by atoms with E-state index in [1.807, 2.05) is 30.3 Å². The second-order valence-corrected chi connectivity index (χ2v) is 8.14. The van der Waals surface area contributed by atoms with E-state index >= 15 is 0 Å². The Hall–Kier alpha value is -3.23. The van der Waals surface area contributed by atoms with Crippen molar-refractivity contribution in [1.82, 2.24) is 21.3 Å². The first kappa shape index (κ1) is 28.8. The number of rotatable bonds is 17. The molecule has 0 aliphatic carbocycles. The predicted octanol–water partition coefficient (Wildman–Crippen LogP) is 1.40. The van der Waals surface area contributed by atoms with Crippen molar-refractivity contribution in [2.24, 2.45) is 0 Å². The van der Waals surface area contributed by atoms with Gasteiger partial charge in [-0.15, -0.1) is 0 Å². The van der Waals surface area contributed by atoms with Crippen LogP contribution in [-0.4, -0.2) is 55.1 Å². The Bertz CT molecular complexity index is 798. The van der Waals surface area contributed by atoms with Gasteiger partial charge in [0.15, 0.2) is 5.78 Å². The van der Waals surface area contributed by atoms with Crippen molar-refractivity contribution in [1.29, 1.82) is 0 Å². The summed E-state index contributed by atoms with van der Waals surface area (Å²) in [6.07, 6.45) is 6.06. The monoisotopic (exact) mass is 474 g/mol. The number of ketones is 1. The fourth-order valence-electron chi connectivity index (χ4n) is 3.14. The molecule has 4 N–H and O–H groups in total. The fraction of sp³-hybridized carbons (Fsp3) is 0.560. The van der Waals surface area contributed by atoms with Gasteiger partial charge in [0, 0.05) is 19.3 Å². The molecule has 188 valence electrons. The van der Waals surface area contributed by atoms with Crippen LogP contribution in [0.1, 0.15) is 64.4 Å². The SMILES string of the molecule is CCCCCCCC(=O)NCC(=O)NCC(=O)NC(Cc1ccccc1)C(=O)NCC(=O)CC. The molecule has 1 rings (SSSR count). The molecule has 0 radical (unpaired) electrons. The molecule has 1 atom stereocenters. The second-order valence-electron chi connectivity index (χ2n) is 8.14. The third kappa shape index (κ3) is 13.3. The van der Waals surface area contributed by atoms with Gasteiger partial charge in [0.1, 0.15) is 6.04 Å². The summed E-state index contributed by atoms with van der Waals surface area (Å²) in [5.41, 5.74) is 0.839. The molecule has 4 amide bonds. The van der Waals surface area contributed by atoms with E-state index in [2.05, 4.69) is 28.2 Å². The first-order chi connectivity index (χ1) is 16.3. The minimum Gasteiger partial charge on any atom is -0.347 e. The quantitative estimate of drug-likeness (QED) is 0.253. The lowest BCUT2D eigenvalue weighted by Gasteiger charge is -2.19. The molecule has 34 heavy (non-hydrogen) atoms. The molecule has 0 heterocycles. The van der Waals surface area contributed by atoms with Crippen molar-refractivity contribution in [3.8, 4) is 0 Å². The minimum atomic E-state index is -0.899. The first-order valence-electron chi connectivity index (χ1n) is 12.0. The standard InChI is InChI=1S/C25H38N4O5/c1-3-5-6-7-11-14-22(31)26-17-23(32)27-18-24(33)29-21(15-19-12-9-8-10-13-19)25(34)28-16-20(30)4-2/h8-10,12-13,21H,3-7,11,14-18H2,1-2H3,(H,26,31)(H,27,32)(H,28,34)(H,29,33). The molecular formula is C25H38N4O5. The Morgan fingerprint density at radius 3 is 2.06 bits per heavy atom. The van der Waals surface area contributed by atoms with Gasteiger partial charge >= 0.3 is 0 Å². The maximum Gasteiger partial charge on any atom is 0.243 e. The van der Waals surface area contributed by atoms with Gasteiger partial charge in [-0.1, -0.05) is 69.9 Å². The number of carbonyl (C=O) groups is 5. The number of Topliss-reactive ketones (excluding diaryl/α,β-unsaturated/α-hetero) is 1. The Labute approximate surface area is 201 Å². The number of nitrogens with one attached hydrogen (secondary N) is 4. The van der Waals surface area contributed by atoms with Gasteiger partial charge < -0.3 is 21.3 Å².